The Morgan fingerprint density at radius 1 is 1.12 bits per heavy atom. The van der Waals surface area contributed by atoms with Crippen LogP contribution in [0.5, 0.6) is 5.75 Å². The van der Waals surface area contributed by atoms with Crippen LogP contribution in [0, 0.1) is 5.92 Å². The SMILES string of the molecule is CC(C)COc1ccc([C@H](C)Cc2nccc(N3C(=O)OC[C@@H]3[C@@H](C)OC(C)(C)C)n2)cc1. The van der Waals surface area contributed by atoms with Gasteiger partial charge in [0.15, 0.2) is 0 Å². The van der Waals surface area contributed by atoms with E-state index < -0.39 is 6.09 Å². The number of amides is 1. The highest BCUT2D eigenvalue weighted by molar-refractivity contribution is 5.89. The molecule has 3 rings (SSSR count). The van der Waals surface area contributed by atoms with Crippen molar-refractivity contribution >= 4 is 11.9 Å². The lowest BCUT2D eigenvalue weighted by Gasteiger charge is -2.31. The highest BCUT2D eigenvalue weighted by Gasteiger charge is 2.40. The number of hydrogen-bond acceptors (Lipinski definition) is 6. The summed E-state index contributed by atoms with van der Waals surface area (Å²) in [5.74, 6) is 2.81. The molecular weight excluding hydrogens is 418 g/mol. The molecule has 1 aromatic carbocycles. The molecule has 0 spiro atoms. The molecule has 2 aromatic rings. The summed E-state index contributed by atoms with van der Waals surface area (Å²) in [6, 6.07) is 9.70. The van der Waals surface area contributed by atoms with Crippen LogP contribution >= 0.6 is 0 Å². The van der Waals surface area contributed by atoms with Gasteiger partial charge in [-0.1, -0.05) is 32.9 Å². The van der Waals surface area contributed by atoms with Crippen molar-refractivity contribution in [2.45, 2.75) is 78.6 Å². The normalized spacial score (nSPS) is 18.4. The van der Waals surface area contributed by atoms with Gasteiger partial charge in [-0.05, 0) is 63.3 Å². The maximum atomic E-state index is 12.5. The lowest BCUT2D eigenvalue weighted by molar-refractivity contribution is -0.0618. The van der Waals surface area contributed by atoms with E-state index in [-0.39, 0.29) is 30.3 Å². The van der Waals surface area contributed by atoms with Crippen molar-refractivity contribution in [1.82, 2.24) is 9.97 Å². The topological polar surface area (TPSA) is 73.8 Å². The number of aromatic nitrogens is 2. The summed E-state index contributed by atoms with van der Waals surface area (Å²) in [5, 5.41) is 0. The van der Waals surface area contributed by atoms with Gasteiger partial charge < -0.3 is 14.2 Å². The molecule has 3 atom stereocenters. The fraction of sp³-hybridized carbons (Fsp3) is 0.577. The van der Waals surface area contributed by atoms with E-state index in [0.717, 1.165) is 5.75 Å². The van der Waals surface area contributed by atoms with E-state index >= 15 is 0 Å². The third-order valence-corrected chi connectivity index (χ3v) is 5.45. The van der Waals surface area contributed by atoms with E-state index in [4.69, 9.17) is 19.2 Å². The van der Waals surface area contributed by atoms with Crippen LogP contribution in [0.25, 0.3) is 0 Å². The molecule has 1 aliphatic heterocycles. The Labute approximate surface area is 197 Å². The van der Waals surface area contributed by atoms with Crippen LogP contribution in [0.4, 0.5) is 10.6 Å². The smallest absolute Gasteiger partial charge is 0.416 e. The largest absolute Gasteiger partial charge is 0.493 e. The summed E-state index contributed by atoms with van der Waals surface area (Å²) < 4.78 is 17.2. The lowest BCUT2D eigenvalue weighted by Crippen LogP contribution is -2.45. The average molecular weight is 456 g/mol. The molecule has 1 aliphatic rings. The molecule has 0 radical (unpaired) electrons. The van der Waals surface area contributed by atoms with Crippen LogP contribution in [0.3, 0.4) is 0 Å². The number of anilines is 1. The molecule has 7 heteroatoms. The van der Waals surface area contributed by atoms with Gasteiger partial charge in [-0.3, -0.25) is 4.90 Å². The van der Waals surface area contributed by atoms with E-state index in [0.29, 0.717) is 30.6 Å². The van der Waals surface area contributed by atoms with Crippen LogP contribution in [0.2, 0.25) is 0 Å². The zero-order valence-corrected chi connectivity index (χ0v) is 20.9. The van der Waals surface area contributed by atoms with Gasteiger partial charge in [0.05, 0.1) is 18.3 Å². The molecule has 0 saturated carbocycles. The molecule has 1 fully saturated rings. The fourth-order valence-corrected chi connectivity index (χ4v) is 3.85. The maximum Gasteiger partial charge on any atom is 0.416 e. The monoisotopic (exact) mass is 455 g/mol. The summed E-state index contributed by atoms with van der Waals surface area (Å²) in [6.07, 6.45) is 1.75. The van der Waals surface area contributed by atoms with Crippen molar-refractivity contribution < 1.29 is 19.0 Å². The highest BCUT2D eigenvalue weighted by Crippen LogP contribution is 2.27. The number of carbonyl (C=O) groups is 1. The molecule has 0 N–H and O–H groups in total. The Hall–Kier alpha value is -2.67. The number of carbonyl (C=O) groups excluding carboxylic acids is 1. The number of benzene rings is 1. The standard InChI is InChI=1S/C26H37N3O4/c1-17(2)15-31-21-10-8-20(9-11-21)18(3)14-23-27-13-12-24(28-23)29-22(16-32-25(29)30)19(4)33-26(5,6)7/h8-13,17-19,22H,14-16H2,1-7H3/t18-,19-,22-/m1/s1. The summed E-state index contributed by atoms with van der Waals surface area (Å²) in [4.78, 5) is 23.3. The number of ether oxygens (including phenoxy) is 3. The second-order valence-corrected chi connectivity index (χ2v) is 10.2. The summed E-state index contributed by atoms with van der Waals surface area (Å²) >= 11 is 0. The first-order valence-corrected chi connectivity index (χ1v) is 11.7. The van der Waals surface area contributed by atoms with Crippen molar-refractivity contribution in [3.8, 4) is 5.75 Å². The number of rotatable bonds is 9. The Bertz CT molecular complexity index is 924. The van der Waals surface area contributed by atoms with E-state index in [1.54, 1.807) is 17.2 Å². The van der Waals surface area contributed by atoms with Crippen molar-refractivity contribution in [3.63, 3.8) is 0 Å². The van der Waals surface area contributed by atoms with Gasteiger partial charge in [-0.2, -0.15) is 0 Å². The number of cyclic esters (lactones) is 1. The van der Waals surface area contributed by atoms with Gasteiger partial charge in [0.2, 0.25) is 0 Å². The molecule has 0 aliphatic carbocycles. The molecular formula is C26H37N3O4. The van der Waals surface area contributed by atoms with Crippen LogP contribution in [-0.2, 0) is 15.9 Å². The molecule has 180 valence electrons. The molecule has 2 heterocycles. The van der Waals surface area contributed by atoms with Gasteiger partial charge in [0, 0.05) is 12.6 Å². The minimum Gasteiger partial charge on any atom is -0.493 e. The first kappa shape index (κ1) is 25.0. The van der Waals surface area contributed by atoms with Gasteiger partial charge >= 0.3 is 6.09 Å². The summed E-state index contributed by atoms with van der Waals surface area (Å²) in [5.41, 5.74) is 0.866. The number of hydrogen-bond donors (Lipinski definition) is 0. The van der Waals surface area contributed by atoms with Crippen LogP contribution in [0.15, 0.2) is 36.5 Å². The molecule has 0 bridgehead atoms. The van der Waals surface area contributed by atoms with E-state index in [9.17, 15) is 4.79 Å². The summed E-state index contributed by atoms with van der Waals surface area (Å²) in [6.45, 7) is 15.3. The minimum absolute atomic E-state index is 0.204. The van der Waals surface area contributed by atoms with E-state index in [2.05, 4.69) is 37.9 Å². The Morgan fingerprint density at radius 2 is 1.82 bits per heavy atom. The molecule has 1 amide bonds. The maximum absolute atomic E-state index is 12.5. The van der Waals surface area contributed by atoms with Gasteiger partial charge in [-0.15, -0.1) is 0 Å². The zero-order chi connectivity index (χ0) is 24.2. The predicted molar refractivity (Wildman–Crippen MR) is 129 cm³/mol. The average Bonchev–Trinajstić information content (AvgIpc) is 3.13. The quantitative estimate of drug-likeness (QED) is 0.505. The van der Waals surface area contributed by atoms with Crippen molar-refractivity contribution in [2.75, 3.05) is 18.1 Å². The Morgan fingerprint density at radius 3 is 2.45 bits per heavy atom. The zero-order valence-electron chi connectivity index (χ0n) is 20.9. The highest BCUT2D eigenvalue weighted by atomic mass is 16.6. The van der Waals surface area contributed by atoms with E-state index in [1.807, 2.05) is 39.8 Å². The van der Waals surface area contributed by atoms with Crippen molar-refractivity contribution in [2.24, 2.45) is 5.92 Å². The molecule has 1 aromatic heterocycles. The summed E-state index contributed by atoms with van der Waals surface area (Å²) in [7, 11) is 0. The Balaban J connectivity index is 1.70. The van der Waals surface area contributed by atoms with Crippen LogP contribution < -0.4 is 9.64 Å². The predicted octanol–water partition coefficient (Wildman–Crippen LogP) is 5.39. The second kappa shape index (κ2) is 10.5. The third kappa shape index (κ3) is 6.90. The first-order valence-electron chi connectivity index (χ1n) is 11.7. The molecule has 0 unspecified atom stereocenters. The van der Waals surface area contributed by atoms with Crippen molar-refractivity contribution in [3.05, 3.63) is 47.9 Å². The molecule has 7 nitrogen and oxygen atoms in total. The van der Waals surface area contributed by atoms with Crippen LogP contribution in [-0.4, -0.2) is 47.0 Å². The minimum atomic E-state index is -0.404. The van der Waals surface area contributed by atoms with Gasteiger partial charge in [0.1, 0.15) is 30.0 Å². The third-order valence-electron chi connectivity index (χ3n) is 5.45. The fourth-order valence-electron chi connectivity index (χ4n) is 3.85. The molecule has 1 saturated heterocycles. The first-order chi connectivity index (χ1) is 15.5. The number of nitrogens with zero attached hydrogens (tertiary/aromatic N) is 3. The van der Waals surface area contributed by atoms with Gasteiger partial charge in [0.25, 0.3) is 0 Å². The molecule has 33 heavy (non-hydrogen) atoms. The van der Waals surface area contributed by atoms with E-state index in [1.165, 1.54) is 5.56 Å². The van der Waals surface area contributed by atoms with Crippen molar-refractivity contribution in [1.29, 1.82) is 0 Å². The Kier molecular flexibility index (Phi) is 7.95. The second-order valence-electron chi connectivity index (χ2n) is 10.2. The lowest BCUT2D eigenvalue weighted by atomic mass is 9.97. The van der Waals surface area contributed by atoms with Gasteiger partial charge in [-0.25, -0.2) is 14.8 Å². The van der Waals surface area contributed by atoms with Crippen LogP contribution in [0.1, 0.15) is 65.8 Å².